The standard InChI is InChI=1S/C15H21NO4S/c1-13(2)16(9-11-18)21(19,20)15-8-5-7-14(12-15)6-3-4-10-17/h5,7-8,12-13,17-18H,4,9-11H2,1-2H3. The van der Waals surface area contributed by atoms with Gasteiger partial charge in [-0.3, -0.25) is 0 Å². The van der Waals surface area contributed by atoms with E-state index in [0.717, 1.165) is 0 Å². The van der Waals surface area contributed by atoms with Crippen molar-refractivity contribution in [1.29, 1.82) is 0 Å². The summed E-state index contributed by atoms with van der Waals surface area (Å²) >= 11 is 0. The van der Waals surface area contributed by atoms with E-state index < -0.39 is 10.0 Å². The Balaban J connectivity index is 3.14. The quantitative estimate of drug-likeness (QED) is 0.762. The number of hydrogen-bond acceptors (Lipinski definition) is 4. The molecule has 0 saturated carbocycles. The van der Waals surface area contributed by atoms with Gasteiger partial charge in [-0.05, 0) is 32.0 Å². The third-order valence-corrected chi connectivity index (χ3v) is 4.88. The van der Waals surface area contributed by atoms with E-state index in [1.54, 1.807) is 26.0 Å². The maximum absolute atomic E-state index is 12.6. The van der Waals surface area contributed by atoms with Crippen LogP contribution in [0.5, 0.6) is 0 Å². The molecule has 0 atom stereocenters. The summed E-state index contributed by atoms with van der Waals surface area (Å²) in [6.07, 6.45) is 0.347. The van der Waals surface area contributed by atoms with Crippen molar-refractivity contribution in [3.05, 3.63) is 29.8 Å². The van der Waals surface area contributed by atoms with Gasteiger partial charge in [0.1, 0.15) is 0 Å². The highest BCUT2D eigenvalue weighted by molar-refractivity contribution is 7.89. The smallest absolute Gasteiger partial charge is 0.243 e. The van der Waals surface area contributed by atoms with Gasteiger partial charge in [0, 0.05) is 24.6 Å². The zero-order chi connectivity index (χ0) is 15.9. The van der Waals surface area contributed by atoms with Crippen LogP contribution in [-0.4, -0.2) is 48.7 Å². The van der Waals surface area contributed by atoms with Crippen LogP contribution in [0.1, 0.15) is 25.8 Å². The lowest BCUT2D eigenvalue weighted by atomic mass is 10.2. The van der Waals surface area contributed by atoms with Crippen molar-refractivity contribution < 1.29 is 18.6 Å². The van der Waals surface area contributed by atoms with Crippen LogP contribution in [0.25, 0.3) is 0 Å². The highest BCUT2D eigenvalue weighted by Crippen LogP contribution is 2.18. The van der Waals surface area contributed by atoms with Gasteiger partial charge in [-0.25, -0.2) is 8.42 Å². The molecule has 0 aliphatic rings. The van der Waals surface area contributed by atoms with E-state index >= 15 is 0 Å². The second-order valence-electron chi connectivity index (χ2n) is 4.74. The summed E-state index contributed by atoms with van der Waals surface area (Å²) in [6.45, 7) is 3.33. The molecule has 21 heavy (non-hydrogen) atoms. The summed E-state index contributed by atoms with van der Waals surface area (Å²) in [5.41, 5.74) is 0.581. The fraction of sp³-hybridized carbons (Fsp3) is 0.467. The van der Waals surface area contributed by atoms with Crippen LogP contribution < -0.4 is 0 Å². The molecule has 0 bridgehead atoms. The van der Waals surface area contributed by atoms with Crippen LogP contribution in [0.3, 0.4) is 0 Å². The molecule has 0 aliphatic heterocycles. The zero-order valence-electron chi connectivity index (χ0n) is 12.3. The zero-order valence-corrected chi connectivity index (χ0v) is 13.1. The molecule has 0 spiro atoms. The second kappa shape index (κ2) is 8.15. The number of aliphatic hydroxyl groups excluding tert-OH is 2. The number of aliphatic hydroxyl groups is 2. The minimum Gasteiger partial charge on any atom is -0.395 e. The van der Waals surface area contributed by atoms with Gasteiger partial charge in [-0.1, -0.05) is 17.9 Å². The summed E-state index contributed by atoms with van der Waals surface area (Å²) in [5, 5.41) is 17.7. The molecule has 116 valence electrons. The van der Waals surface area contributed by atoms with E-state index in [1.165, 1.54) is 16.4 Å². The molecule has 6 heteroatoms. The number of sulfonamides is 1. The molecular formula is C15H21NO4S. The normalized spacial score (nSPS) is 11.5. The Bertz CT molecular complexity index is 614. The minimum absolute atomic E-state index is 0.0252. The van der Waals surface area contributed by atoms with E-state index in [0.29, 0.717) is 12.0 Å². The monoisotopic (exact) mass is 311 g/mol. The Labute approximate surface area is 126 Å². The highest BCUT2D eigenvalue weighted by atomic mass is 32.2. The van der Waals surface area contributed by atoms with Gasteiger partial charge in [0.15, 0.2) is 0 Å². The van der Waals surface area contributed by atoms with Crippen molar-refractivity contribution in [3.8, 4) is 11.8 Å². The van der Waals surface area contributed by atoms with Gasteiger partial charge in [0.05, 0.1) is 18.1 Å². The lowest BCUT2D eigenvalue weighted by Crippen LogP contribution is -2.38. The Morgan fingerprint density at radius 2 is 1.95 bits per heavy atom. The third kappa shape index (κ3) is 4.83. The Kier molecular flexibility index (Phi) is 6.85. The summed E-state index contributed by atoms with van der Waals surface area (Å²) in [6, 6.07) is 6.13. The number of hydrogen-bond donors (Lipinski definition) is 2. The second-order valence-corrected chi connectivity index (χ2v) is 6.63. The predicted octanol–water partition coefficient (Wildman–Crippen LogP) is 0.812. The largest absolute Gasteiger partial charge is 0.395 e. The van der Waals surface area contributed by atoms with Gasteiger partial charge < -0.3 is 10.2 Å². The van der Waals surface area contributed by atoms with Crippen LogP contribution in [0.2, 0.25) is 0 Å². The minimum atomic E-state index is -3.66. The molecule has 0 radical (unpaired) electrons. The van der Waals surface area contributed by atoms with E-state index in [4.69, 9.17) is 10.2 Å². The summed E-state index contributed by atoms with van der Waals surface area (Å²) < 4.78 is 26.4. The van der Waals surface area contributed by atoms with Gasteiger partial charge in [-0.2, -0.15) is 4.31 Å². The average Bonchev–Trinajstić information content (AvgIpc) is 2.45. The molecule has 0 saturated heterocycles. The molecule has 0 aromatic heterocycles. The van der Waals surface area contributed by atoms with Gasteiger partial charge in [-0.15, -0.1) is 0 Å². The molecule has 2 N–H and O–H groups in total. The first-order chi connectivity index (χ1) is 9.93. The molecular weight excluding hydrogens is 290 g/mol. The molecule has 1 aromatic rings. The number of nitrogens with zero attached hydrogens (tertiary/aromatic N) is 1. The first kappa shape index (κ1) is 17.7. The number of rotatable bonds is 6. The van der Waals surface area contributed by atoms with Crippen LogP contribution >= 0.6 is 0 Å². The summed E-state index contributed by atoms with van der Waals surface area (Å²) in [4.78, 5) is 0.153. The van der Waals surface area contributed by atoms with Crippen LogP contribution in [0.4, 0.5) is 0 Å². The fourth-order valence-electron chi connectivity index (χ4n) is 1.84. The molecule has 0 unspecified atom stereocenters. The Morgan fingerprint density at radius 1 is 1.24 bits per heavy atom. The maximum Gasteiger partial charge on any atom is 0.243 e. The lowest BCUT2D eigenvalue weighted by molar-refractivity contribution is 0.236. The van der Waals surface area contributed by atoms with Crippen molar-refractivity contribution in [1.82, 2.24) is 4.31 Å². The molecule has 1 aromatic carbocycles. The van der Waals surface area contributed by atoms with Crippen LogP contribution in [0, 0.1) is 11.8 Å². The van der Waals surface area contributed by atoms with E-state index in [9.17, 15) is 8.42 Å². The average molecular weight is 311 g/mol. The Hall–Kier alpha value is -1.39. The topological polar surface area (TPSA) is 77.8 Å². The summed E-state index contributed by atoms with van der Waals surface area (Å²) in [5.74, 6) is 5.57. The molecule has 0 fully saturated rings. The molecule has 0 heterocycles. The first-order valence-corrected chi connectivity index (χ1v) is 8.20. The first-order valence-electron chi connectivity index (χ1n) is 6.76. The third-order valence-electron chi connectivity index (χ3n) is 2.81. The highest BCUT2D eigenvalue weighted by Gasteiger charge is 2.26. The van der Waals surface area contributed by atoms with Crippen LogP contribution in [-0.2, 0) is 10.0 Å². The molecule has 0 amide bonds. The van der Waals surface area contributed by atoms with E-state index in [2.05, 4.69) is 11.8 Å². The van der Waals surface area contributed by atoms with Gasteiger partial charge in [0.2, 0.25) is 10.0 Å². The maximum atomic E-state index is 12.6. The van der Waals surface area contributed by atoms with Crippen molar-refractivity contribution >= 4 is 10.0 Å². The summed E-state index contributed by atoms with van der Waals surface area (Å²) in [7, 11) is -3.66. The predicted molar refractivity (Wildman–Crippen MR) is 81.1 cm³/mol. The molecule has 1 rings (SSSR count). The number of benzene rings is 1. The Morgan fingerprint density at radius 3 is 2.52 bits per heavy atom. The van der Waals surface area contributed by atoms with Crippen molar-refractivity contribution in [3.63, 3.8) is 0 Å². The fourth-order valence-corrected chi connectivity index (χ4v) is 3.52. The SMILES string of the molecule is CC(C)N(CCO)S(=O)(=O)c1cccc(C#CCCO)c1. The van der Waals surface area contributed by atoms with Crippen LogP contribution in [0.15, 0.2) is 29.2 Å². The van der Waals surface area contributed by atoms with Crippen molar-refractivity contribution in [2.24, 2.45) is 0 Å². The lowest BCUT2D eigenvalue weighted by Gasteiger charge is -2.25. The molecule has 0 aliphatic carbocycles. The van der Waals surface area contributed by atoms with Crippen molar-refractivity contribution in [2.45, 2.75) is 31.2 Å². The van der Waals surface area contributed by atoms with E-state index in [1.807, 2.05) is 0 Å². The molecule has 5 nitrogen and oxygen atoms in total. The van der Waals surface area contributed by atoms with Gasteiger partial charge >= 0.3 is 0 Å². The van der Waals surface area contributed by atoms with Crippen molar-refractivity contribution in [2.75, 3.05) is 19.8 Å². The van der Waals surface area contributed by atoms with E-state index in [-0.39, 0.29) is 30.7 Å². The van der Waals surface area contributed by atoms with Gasteiger partial charge in [0.25, 0.3) is 0 Å².